The first kappa shape index (κ1) is 25.5. The van der Waals surface area contributed by atoms with Gasteiger partial charge in [-0.1, -0.05) is 31.0 Å². The zero-order valence-corrected chi connectivity index (χ0v) is 21.2. The van der Waals surface area contributed by atoms with Gasteiger partial charge in [-0.05, 0) is 44.1 Å². The zero-order chi connectivity index (χ0) is 24.8. The first-order chi connectivity index (χ1) is 16.9. The Hall–Kier alpha value is -2.61. The highest BCUT2D eigenvalue weighted by Gasteiger charge is 2.42. The van der Waals surface area contributed by atoms with Crippen LogP contribution in [-0.2, 0) is 20.9 Å². The molecule has 35 heavy (non-hydrogen) atoms. The van der Waals surface area contributed by atoms with Crippen molar-refractivity contribution in [3.63, 3.8) is 0 Å². The van der Waals surface area contributed by atoms with E-state index in [0.717, 1.165) is 57.5 Å². The van der Waals surface area contributed by atoms with Gasteiger partial charge in [0.05, 0.1) is 19.1 Å². The van der Waals surface area contributed by atoms with Gasteiger partial charge in [0.25, 0.3) is 0 Å². The van der Waals surface area contributed by atoms with Crippen molar-refractivity contribution in [2.24, 2.45) is 11.3 Å². The second-order valence-electron chi connectivity index (χ2n) is 10.5. The summed E-state index contributed by atoms with van der Waals surface area (Å²) in [5, 5.41) is 6.15. The van der Waals surface area contributed by atoms with Crippen molar-refractivity contribution in [1.82, 2.24) is 20.4 Å². The minimum atomic E-state index is -0.479. The Labute approximate surface area is 208 Å². The quantitative estimate of drug-likeness (QED) is 0.687. The molecule has 2 atom stereocenters. The number of likely N-dealkylation sites (tertiary alicyclic amines) is 2. The second-order valence-corrected chi connectivity index (χ2v) is 10.5. The van der Waals surface area contributed by atoms with Crippen LogP contribution in [-0.4, -0.2) is 73.4 Å². The Morgan fingerprint density at radius 2 is 1.86 bits per heavy atom. The molecule has 0 aromatic heterocycles. The number of piperidine rings is 2. The summed E-state index contributed by atoms with van der Waals surface area (Å²) in [4.78, 5) is 42.0. The molecule has 3 aliphatic heterocycles. The van der Waals surface area contributed by atoms with E-state index in [0.29, 0.717) is 31.8 Å². The van der Waals surface area contributed by atoms with E-state index in [1.54, 1.807) is 14.0 Å². The van der Waals surface area contributed by atoms with E-state index in [1.807, 2.05) is 23.1 Å². The van der Waals surface area contributed by atoms with Gasteiger partial charge in [0.2, 0.25) is 17.7 Å². The van der Waals surface area contributed by atoms with Gasteiger partial charge in [0.15, 0.2) is 0 Å². The first-order valence-electron chi connectivity index (χ1n) is 13.1. The van der Waals surface area contributed by atoms with Gasteiger partial charge in [-0.25, -0.2) is 0 Å². The number of hydrogen-bond acceptors (Lipinski definition) is 5. The van der Waals surface area contributed by atoms with Crippen molar-refractivity contribution in [1.29, 1.82) is 0 Å². The molecule has 4 rings (SSSR count). The van der Waals surface area contributed by atoms with Crippen LogP contribution in [0.1, 0.15) is 57.4 Å². The standard InChI is InChI=1S/C27H40N4O4/c1-20(32)31-15-12-27(13-16-31)11-6-5-7-21-18-30(19-22-8-3-4-9-24(22)35-2)14-10-23(21)29-25(33)17-28-26(27)34/h3-4,8-9,21,23H,5-7,10-19H2,1-2H3,(H,28,34)(H,29,33)/t21-,23+/m0/s1. The molecular formula is C27H40N4O4. The number of ether oxygens (including phenoxy) is 1. The summed E-state index contributed by atoms with van der Waals surface area (Å²) in [5.74, 6) is 1.23. The predicted octanol–water partition coefficient (Wildman–Crippen LogP) is 2.32. The van der Waals surface area contributed by atoms with Crippen LogP contribution in [0.15, 0.2) is 24.3 Å². The summed E-state index contributed by atoms with van der Waals surface area (Å²) in [6, 6.07) is 8.30. The van der Waals surface area contributed by atoms with E-state index in [-0.39, 0.29) is 30.3 Å². The zero-order valence-electron chi connectivity index (χ0n) is 21.2. The Kier molecular flexibility index (Phi) is 8.31. The molecule has 8 heteroatoms. The first-order valence-corrected chi connectivity index (χ1v) is 13.1. The van der Waals surface area contributed by atoms with E-state index >= 15 is 0 Å². The van der Waals surface area contributed by atoms with Crippen LogP contribution in [0.4, 0.5) is 0 Å². The average molecular weight is 485 g/mol. The smallest absolute Gasteiger partial charge is 0.239 e. The molecule has 1 aromatic carbocycles. The van der Waals surface area contributed by atoms with Crippen LogP contribution < -0.4 is 15.4 Å². The number of methoxy groups -OCH3 is 1. The monoisotopic (exact) mass is 484 g/mol. The van der Waals surface area contributed by atoms with Crippen LogP contribution in [0.5, 0.6) is 5.75 Å². The van der Waals surface area contributed by atoms with E-state index < -0.39 is 5.41 Å². The fourth-order valence-corrected chi connectivity index (χ4v) is 6.12. The number of rotatable bonds is 3. The van der Waals surface area contributed by atoms with Gasteiger partial charge < -0.3 is 20.3 Å². The normalized spacial score (nSPS) is 26.1. The number of carbonyl (C=O) groups excluding carboxylic acids is 3. The minimum absolute atomic E-state index is 0.0190. The summed E-state index contributed by atoms with van der Waals surface area (Å²) < 4.78 is 5.54. The lowest BCUT2D eigenvalue weighted by Crippen LogP contribution is -2.54. The molecule has 3 saturated heterocycles. The molecule has 1 spiro atoms. The second kappa shape index (κ2) is 11.4. The Balaban J connectivity index is 1.40. The number of nitrogens with one attached hydrogen (secondary N) is 2. The third-order valence-corrected chi connectivity index (χ3v) is 8.29. The van der Waals surface area contributed by atoms with Gasteiger partial charge in [0, 0.05) is 51.3 Å². The summed E-state index contributed by atoms with van der Waals surface area (Å²) in [6.07, 6.45) is 6.10. The summed E-state index contributed by atoms with van der Waals surface area (Å²) in [5.41, 5.74) is 0.708. The highest BCUT2D eigenvalue weighted by atomic mass is 16.5. The largest absolute Gasteiger partial charge is 0.496 e. The van der Waals surface area contributed by atoms with Crippen molar-refractivity contribution in [2.45, 2.75) is 64.5 Å². The molecular weight excluding hydrogens is 444 g/mol. The Morgan fingerprint density at radius 3 is 2.60 bits per heavy atom. The number of hydrogen-bond donors (Lipinski definition) is 2. The molecule has 0 unspecified atom stereocenters. The van der Waals surface area contributed by atoms with Gasteiger partial charge >= 0.3 is 0 Å². The van der Waals surface area contributed by atoms with Crippen molar-refractivity contribution in [2.75, 3.05) is 39.8 Å². The number of para-hydroxylation sites is 1. The molecule has 3 fully saturated rings. The lowest BCUT2D eigenvalue weighted by Gasteiger charge is -2.42. The van der Waals surface area contributed by atoms with Gasteiger partial charge in [0.1, 0.15) is 5.75 Å². The average Bonchev–Trinajstić information content (AvgIpc) is 2.86. The molecule has 0 radical (unpaired) electrons. The fourth-order valence-electron chi connectivity index (χ4n) is 6.12. The van der Waals surface area contributed by atoms with Crippen LogP contribution in [0.2, 0.25) is 0 Å². The van der Waals surface area contributed by atoms with E-state index in [9.17, 15) is 14.4 Å². The molecule has 0 saturated carbocycles. The van der Waals surface area contributed by atoms with Gasteiger partial charge in [-0.15, -0.1) is 0 Å². The van der Waals surface area contributed by atoms with E-state index in [1.165, 1.54) is 5.56 Å². The molecule has 0 bridgehead atoms. The Bertz CT molecular complexity index is 912. The number of fused-ring (bicyclic) bond motifs is 1. The van der Waals surface area contributed by atoms with Crippen LogP contribution >= 0.6 is 0 Å². The molecule has 0 aliphatic carbocycles. The van der Waals surface area contributed by atoms with Crippen molar-refractivity contribution in [3.8, 4) is 5.75 Å². The predicted molar refractivity (Wildman–Crippen MR) is 134 cm³/mol. The molecule has 8 nitrogen and oxygen atoms in total. The maximum Gasteiger partial charge on any atom is 0.239 e. The summed E-state index contributed by atoms with van der Waals surface area (Å²) >= 11 is 0. The van der Waals surface area contributed by atoms with Crippen molar-refractivity contribution < 1.29 is 19.1 Å². The molecule has 3 aliphatic rings. The SMILES string of the molecule is COc1ccccc1CN1CC[C@H]2NC(=O)CNC(=O)C3(CCCC[C@H]2C1)CCN(C(C)=O)CC3. The molecule has 192 valence electrons. The van der Waals surface area contributed by atoms with Crippen molar-refractivity contribution in [3.05, 3.63) is 29.8 Å². The summed E-state index contributed by atoms with van der Waals surface area (Å²) in [7, 11) is 1.71. The lowest BCUT2D eigenvalue weighted by atomic mass is 9.73. The number of carbonyl (C=O) groups is 3. The summed E-state index contributed by atoms with van der Waals surface area (Å²) in [6.45, 7) is 5.52. The molecule has 3 heterocycles. The molecule has 3 amide bonds. The highest BCUT2D eigenvalue weighted by Crippen LogP contribution is 2.38. The number of benzene rings is 1. The van der Waals surface area contributed by atoms with Gasteiger partial charge in [-0.2, -0.15) is 0 Å². The van der Waals surface area contributed by atoms with E-state index in [4.69, 9.17) is 4.74 Å². The third kappa shape index (κ3) is 6.15. The number of nitrogens with zero attached hydrogens (tertiary/aromatic N) is 2. The minimum Gasteiger partial charge on any atom is -0.496 e. The lowest BCUT2D eigenvalue weighted by molar-refractivity contribution is -0.141. The van der Waals surface area contributed by atoms with Crippen LogP contribution in [0, 0.1) is 11.3 Å². The molecule has 1 aromatic rings. The maximum atomic E-state index is 13.2. The highest BCUT2D eigenvalue weighted by molar-refractivity contribution is 5.88. The van der Waals surface area contributed by atoms with E-state index in [2.05, 4.69) is 21.6 Å². The Morgan fingerprint density at radius 1 is 1.09 bits per heavy atom. The van der Waals surface area contributed by atoms with Gasteiger partial charge in [-0.3, -0.25) is 19.3 Å². The molecule has 2 N–H and O–H groups in total. The third-order valence-electron chi connectivity index (χ3n) is 8.29. The topological polar surface area (TPSA) is 91.0 Å². The fraction of sp³-hybridized carbons (Fsp3) is 0.667. The van der Waals surface area contributed by atoms with Crippen LogP contribution in [0.3, 0.4) is 0 Å². The maximum absolute atomic E-state index is 13.2. The number of amides is 3. The van der Waals surface area contributed by atoms with Crippen molar-refractivity contribution >= 4 is 17.7 Å². The van der Waals surface area contributed by atoms with Crippen LogP contribution in [0.25, 0.3) is 0 Å².